The van der Waals surface area contributed by atoms with Crippen LogP contribution in [-0.4, -0.2) is 0 Å². The summed E-state index contributed by atoms with van der Waals surface area (Å²) in [5, 5.41) is 2.54. The third kappa shape index (κ3) is 3.09. The molecule has 0 saturated carbocycles. The molecular formula is C14H9Cl2F4N. The van der Waals surface area contributed by atoms with E-state index in [1.54, 1.807) is 0 Å². The normalized spacial score (nSPS) is 12.3. The first-order valence-electron chi connectivity index (χ1n) is 5.86. The molecule has 1 N–H and O–H groups in total. The molecule has 0 radical (unpaired) electrons. The topological polar surface area (TPSA) is 12.0 Å². The fraction of sp³-hybridized carbons (Fsp3) is 0.143. The summed E-state index contributed by atoms with van der Waals surface area (Å²) < 4.78 is 53.1. The zero-order valence-corrected chi connectivity index (χ0v) is 12.2. The van der Waals surface area contributed by atoms with Gasteiger partial charge in [0.15, 0.2) is 17.5 Å². The summed E-state index contributed by atoms with van der Waals surface area (Å²) in [5.74, 6) is -4.95. The first-order valence-corrected chi connectivity index (χ1v) is 6.62. The van der Waals surface area contributed by atoms with E-state index < -0.39 is 29.3 Å². The van der Waals surface area contributed by atoms with Crippen molar-refractivity contribution < 1.29 is 17.6 Å². The van der Waals surface area contributed by atoms with Gasteiger partial charge in [0.05, 0.1) is 16.8 Å². The van der Waals surface area contributed by atoms with Gasteiger partial charge in [0.2, 0.25) is 0 Å². The fourth-order valence-electron chi connectivity index (χ4n) is 1.88. The van der Waals surface area contributed by atoms with Crippen molar-refractivity contribution in [1.82, 2.24) is 0 Å². The number of anilines is 1. The molecule has 112 valence electrons. The lowest BCUT2D eigenvalue weighted by Crippen LogP contribution is -2.11. The van der Waals surface area contributed by atoms with Crippen LogP contribution in [0.25, 0.3) is 0 Å². The second kappa shape index (κ2) is 6.12. The molecule has 0 aromatic heterocycles. The van der Waals surface area contributed by atoms with Crippen LogP contribution in [0.2, 0.25) is 10.0 Å². The number of hydrogen-bond donors (Lipinski definition) is 1. The van der Waals surface area contributed by atoms with Crippen molar-refractivity contribution in [2.75, 3.05) is 5.32 Å². The summed E-state index contributed by atoms with van der Waals surface area (Å²) in [6.45, 7) is 1.53. The van der Waals surface area contributed by atoms with Crippen LogP contribution >= 0.6 is 23.2 Å². The maximum absolute atomic E-state index is 13.6. The largest absolute Gasteiger partial charge is 0.376 e. The molecule has 0 aliphatic rings. The molecule has 7 heteroatoms. The number of hydrogen-bond acceptors (Lipinski definition) is 1. The minimum absolute atomic E-state index is 0.171. The first kappa shape index (κ1) is 15.9. The van der Waals surface area contributed by atoms with Crippen molar-refractivity contribution in [3.8, 4) is 0 Å². The Morgan fingerprint density at radius 3 is 2.19 bits per heavy atom. The van der Waals surface area contributed by atoms with E-state index in [2.05, 4.69) is 5.32 Å². The maximum Gasteiger partial charge on any atom is 0.196 e. The molecule has 0 heterocycles. The van der Waals surface area contributed by atoms with Gasteiger partial charge in [-0.3, -0.25) is 0 Å². The van der Waals surface area contributed by atoms with Gasteiger partial charge >= 0.3 is 0 Å². The van der Waals surface area contributed by atoms with Crippen molar-refractivity contribution in [2.45, 2.75) is 13.0 Å². The SMILES string of the molecule is CC(Nc1ccc(F)c(F)c1F)c1c(Cl)ccc(F)c1Cl. The van der Waals surface area contributed by atoms with Crippen molar-refractivity contribution in [3.05, 3.63) is 63.1 Å². The molecule has 2 aromatic carbocycles. The Kier molecular flexibility index (Phi) is 4.64. The minimum Gasteiger partial charge on any atom is -0.376 e. The van der Waals surface area contributed by atoms with Crippen LogP contribution in [0.4, 0.5) is 23.2 Å². The molecule has 1 nitrogen and oxygen atoms in total. The highest BCUT2D eigenvalue weighted by Gasteiger charge is 2.20. The van der Waals surface area contributed by atoms with Crippen LogP contribution in [0.3, 0.4) is 0 Å². The van der Waals surface area contributed by atoms with E-state index >= 15 is 0 Å². The predicted octanol–water partition coefficient (Wildman–Crippen LogP) is 5.72. The molecule has 0 aliphatic carbocycles. The zero-order chi connectivity index (χ0) is 15.7. The Labute approximate surface area is 128 Å². The Morgan fingerprint density at radius 1 is 0.905 bits per heavy atom. The van der Waals surface area contributed by atoms with Crippen LogP contribution in [0.15, 0.2) is 24.3 Å². The zero-order valence-electron chi connectivity index (χ0n) is 10.7. The van der Waals surface area contributed by atoms with E-state index in [9.17, 15) is 17.6 Å². The lowest BCUT2D eigenvalue weighted by molar-refractivity contribution is 0.448. The summed E-state index contributed by atoms with van der Waals surface area (Å²) in [5.41, 5.74) is -0.0831. The monoisotopic (exact) mass is 337 g/mol. The van der Waals surface area contributed by atoms with Gasteiger partial charge in [-0.1, -0.05) is 23.2 Å². The smallest absolute Gasteiger partial charge is 0.196 e. The van der Waals surface area contributed by atoms with Crippen molar-refractivity contribution in [1.29, 1.82) is 0 Å². The standard InChI is InChI=1S/C14H9Cl2F4N/c1-6(11-7(15)2-3-8(17)12(11)16)21-10-5-4-9(18)13(19)14(10)20/h2-6,21H,1H3. The Bertz CT molecular complexity index is 691. The molecule has 0 fully saturated rings. The molecule has 0 bridgehead atoms. The number of rotatable bonds is 3. The molecule has 2 aromatic rings. The lowest BCUT2D eigenvalue weighted by Gasteiger charge is -2.19. The van der Waals surface area contributed by atoms with E-state index in [0.29, 0.717) is 0 Å². The fourth-order valence-corrected chi connectivity index (χ4v) is 2.58. The third-order valence-electron chi connectivity index (χ3n) is 2.92. The van der Waals surface area contributed by atoms with Gasteiger partial charge in [-0.15, -0.1) is 0 Å². The summed E-state index contributed by atoms with van der Waals surface area (Å²) in [4.78, 5) is 0. The van der Waals surface area contributed by atoms with Crippen LogP contribution < -0.4 is 5.32 Å². The Morgan fingerprint density at radius 2 is 1.52 bits per heavy atom. The van der Waals surface area contributed by atoms with E-state index in [1.807, 2.05) is 0 Å². The van der Waals surface area contributed by atoms with E-state index in [-0.39, 0.29) is 21.3 Å². The van der Waals surface area contributed by atoms with E-state index in [4.69, 9.17) is 23.2 Å². The van der Waals surface area contributed by atoms with Gasteiger partial charge in [-0.25, -0.2) is 17.6 Å². The highest BCUT2D eigenvalue weighted by Crippen LogP contribution is 2.34. The Balaban J connectivity index is 2.37. The van der Waals surface area contributed by atoms with Gasteiger partial charge < -0.3 is 5.32 Å². The molecule has 1 atom stereocenters. The molecule has 21 heavy (non-hydrogen) atoms. The minimum atomic E-state index is -1.59. The molecule has 0 amide bonds. The summed E-state index contributed by atoms with van der Waals surface area (Å²) in [7, 11) is 0. The molecule has 2 rings (SSSR count). The summed E-state index contributed by atoms with van der Waals surface area (Å²) >= 11 is 11.8. The van der Waals surface area contributed by atoms with E-state index in [0.717, 1.165) is 18.2 Å². The number of benzene rings is 2. The Hall–Kier alpha value is -1.46. The highest BCUT2D eigenvalue weighted by molar-refractivity contribution is 6.36. The van der Waals surface area contributed by atoms with E-state index in [1.165, 1.54) is 13.0 Å². The van der Waals surface area contributed by atoms with Crippen molar-refractivity contribution in [3.63, 3.8) is 0 Å². The number of nitrogens with one attached hydrogen (secondary N) is 1. The molecule has 0 saturated heterocycles. The van der Waals surface area contributed by atoms with Gasteiger partial charge in [0.1, 0.15) is 5.82 Å². The van der Waals surface area contributed by atoms with Crippen LogP contribution in [0, 0.1) is 23.3 Å². The molecule has 0 aliphatic heterocycles. The summed E-state index contributed by atoms with van der Waals surface area (Å²) in [6.07, 6.45) is 0. The second-order valence-electron chi connectivity index (χ2n) is 4.35. The van der Waals surface area contributed by atoms with Gasteiger partial charge in [0, 0.05) is 10.6 Å². The first-order chi connectivity index (χ1) is 9.82. The third-order valence-corrected chi connectivity index (χ3v) is 3.63. The second-order valence-corrected chi connectivity index (χ2v) is 5.13. The average molecular weight is 338 g/mol. The molecule has 0 spiro atoms. The number of halogens is 6. The quantitative estimate of drug-likeness (QED) is 0.429. The summed E-state index contributed by atoms with van der Waals surface area (Å²) in [6, 6.07) is 3.49. The van der Waals surface area contributed by atoms with Crippen LogP contribution in [0.1, 0.15) is 18.5 Å². The molecular weight excluding hydrogens is 329 g/mol. The van der Waals surface area contributed by atoms with Gasteiger partial charge in [-0.05, 0) is 31.2 Å². The molecule has 1 unspecified atom stereocenters. The average Bonchev–Trinajstić information content (AvgIpc) is 2.44. The highest BCUT2D eigenvalue weighted by atomic mass is 35.5. The lowest BCUT2D eigenvalue weighted by atomic mass is 10.1. The predicted molar refractivity (Wildman–Crippen MR) is 74.8 cm³/mol. The van der Waals surface area contributed by atoms with Gasteiger partial charge in [-0.2, -0.15) is 0 Å². The van der Waals surface area contributed by atoms with Crippen molar-refractivity contribution in [2.24, 2.45) is 0 Å². The van der Waals surface area contributed by atoms with Crippen molar-refractivity contribution >= 4 is 28.9 Å². The van der Waals surface area contributed by atoms with Crippen LogP contribution in [-0.2, 0) is 0 Å². The maximum atomic E-state index is 13.6. The van der Waals surface area contributed by atoms with Crippen LogP contribution in [0.5, 0.6) is 0 Å². The van der Waals surface area contributed by atoms with Gasteiger partial charge in [0.25, 0.3) is 0 Å².